The van der Waals surface area contributed by atoms with Gasteiger partial charge < -0.3 is 14.7 Å². The van der Waals surface area contributed by atoms with Gasteiger partial charge in [-0.3, -0.25) is 9.59 Å². The van der Waals surface area contributed by atoms with E-state index in [0.717, 1.165) is 52.2 Å². The molecule has 1 aliphatic carbocycles. The van der Waals surface area contributed by atoms with Gasteiger partial charge in [0.1, 0.15) is 12.2 Å². The maximum absolute atomic E-state index is 13.4. The molecule has 0 radical (unpaired) electrons. The Labute approximate surface area is 226 Å². The number of carboxylic acids is 1. The first-order chi connectivity index (χ1) is 18.9. The topological polar surface area (TPSA) is 132 Å². The van der Waals surface area contributed by atoms with Crippen molar-refractivity contribution >= 4 is 17.6 Å². The summed E-state index contributed by atoms with van der Waals surface area (Å²) in [6, 6.07) is 16.4. The van der Waals surface area contributed by atoms with Gasteiger partial charge in [0.15, 0.2) is 0 Å². The molecule has 4 heterocycles. The second kappa shape index (κ2) is 8.74. The number of imidazole rings is 1. The number of hydrogen-bond acceptors (Lipinski definition) is 6. The van der Waals surface area contributed by atoms with E-state index >= 15 is 0 Å². The molecule has 1 aliphatic heterocycles. The van der Waals surface area contributed by atoms with Crippen LogP contribution in [0.2, 0.25) is 5.02 Å². The summed E-state index contributed by atoms with van der Waals surface area (Å²) in [5.74, 6) is -0.0569. The van der Waals surface area contributed by atoms with Crippen LogP contribution in [-0.4, -0.2) is 45.8 Å². The number of rotatable bonds is 6. The van der Waals surface area contributed by atoms with Crippen LogP contribution < -0.4 is 5.56 Å². The Balaban J connectivity index is 1.20. The number of halogens is 1. The van der Waals surface area contributed by atoms with Gasteiger partial charge in [-0.05, 0) is 77.1 Å². The highest BCUT2D eigenvalue weighted by Gasteiger charge is 2.51. The van der Waals surface area contributed by atoms with Crippen molar-refractivity contribution in [3.05, 3.63) is 99.6 Å². The van der Waals surface area contributed by atoms with Crippen LogP contribution in [0.1, 0.15) is 42.4 Å². The van der Waals surface area contributed by atoms with E-state index in [2.05, 4.69) is 25.5 Å². The summed E-state index contributed by atoms with van der Waals surface area (Å²) in [5, 5.41) is 21.6. The minimum absolute atomic E-state index is 0.127. The molecule has 0 unspecified atom stereocenters. The number of carboxylic acid groups (broad SMARTS) is 1. The van der Waals surface area contributed by atoms with Gasteiger partial charge in [-0.25, -0.2) is 4.98 Å². The van der Waals surface area contributed by atoms with Crippen molar-refractivity contribution in [1.29, 1.82) is 0 Å². The number of aryl methyl sites for hydroxylation is 1. The smallest absolute Gasteiger partial charge is 0.314 e. The zero-order valence-electron chi connectivity index (χ0n) is 20.6. The Morgan fingerprint density at radius 1 is 1.08 bits per heavy atom. The summed E-state index contributed by atoms with van der Waals surface area (Å²) in [5.41, 5.74) is 4.84. The number of nitrogens with one attached hydrogen (secondary N) is 1. The van der Waals surface area contributed by atoms with Gasteiger partial charge in [-0.15, -0.1) is 5.10 Å². The van der Waals surface area contributed by atoms with Crippen molar-refractivity contribution in [1.82, 2.24) is 34.7 Å². The number of hydrogen-bond donors (Lipinski definition) is 2. The fourth-order valence-electron chi connectivity index (χ4n) is 5.59. The monoisotopic (exact) mass is 539 g/mol. The van der Waals surface area contributed by atoms with E-state index in [9.17, 15) is 14.7 Å². The van der Waals surface area contributed by atoms with Crippen LogP contribution in [0.3, 0.4) is 0 Å². The van der Waals surface area contributed by atoms with E-state index in [1.807, 2.05) is 42.5 Å². The third kappa shape index (κ3) is 3.87. The van der Waals surface area contributed by atoms with Crippen LogP contribution in [-0.2, 0) is 16.6 Å². The molecule has 1 fully saturated rings. The quantitative estimate of drug-likeness (QED) is 0.331. The predicted octanol–water partition coefficient (Wildman–Crippen LogP) is 4.19. The molecule has 0 saturated heterocycles. The van der Waals surface area contributed by atoms with E-state index < -0.39 is 11.4 Å². The number of pyridine rings is 1. The summed E-state index contributed by atoms with van der Waals surface area (Å²) < 4.78 is 3.34. The summed E-state index contributed by atoms with van der Waals surface area (Å²) >= 11 is 6.31. The van der Waals surface area contributed by atoms with Gasteiger partial charge in [0, 0.05) is 22.3 Å². The van der Waals surface area contributed by atoms with Crippen LogP contribution in [0.25, 0.3) is 28.1 Å². The highest BCUT2D eigenvalue weighted by molar-refractivity contribution is 6.31. The van der Waals surface area contributed by atoms with E-state index in [-0.39, 0.29) is 11.6 Å². The first kappa shape index (κ1) is 23.5. The number of carbonyl (C=O) groups is 1. The van der Waals surface area contributed by atoms with Crippen LogP contribution in [0.15, 0.2) is 71.9 Å². The van der Waals surface area contributed by atoms with E-state index in [0.29, 0.717) is 23.7 Å². The second-order valence-electron chi connectivity index (χ2n) is 10.1. The maximum Gasteiger partial charge on any atom is 0.314 e. The van der Waals surface area contributed by atoms with Gasteiger partial charge in [-0.2, -0.15) is 4.68 Å². The lowest BCUT2D eigenvalue weighted by Crippen LogP contribution is -2.23. The Bertz CT molecular complexity index is 1790. The molecule has 2 N–H and O–H groups in total. The van der Waals surface area contributed by atoms with Gasteiger partial charge in [0.2, 0.25) is 0 Å². The molecule has 2 aromatic carbocycles. The number of nitrogens with zero attached hydrogens (tertiary/aromatic N) is 6. The molecule has 1 atom stereocenters. The molecule has 2 aliphatic rings. The van der Waals surface area contributed by atoms with Gasteiger partial charge in [0.25, 0.3) is 5.56 Å². The summed E-state index contributed by atoms with van der Waals surface area (Å²) in [6.45, 7) is 0. The zero-order chi connectivity index (χ0) is 26.7. The molecule has 1 saturated carbocycles. The number of benzene rings is 2. The maximum atomic E-state index is 13.4. The Kier molecular flexibility index (Phi) is 5.27. The normalized spacial score (nSPS) is 17.2. The average molecular weight is 540 g/mol. The fourth-order valence-corrected chi connectivity index (χ4v) is 5.76. The predicted molar refractivity (Wildman–Crippen MR) is 143 cm³/mol. The fraction of sp³-hybridized carbons (Fsp3) is 0.214. The minimum atomic E-state index is -0.769. The van der Waals surface area contributed by atoms with E-state index in [1.165, 1.54) is 6.33 Å². The number of H-pyrrole nitrogens is 1. The van der Waals surface area contributed by atoms with Crippen LogP contribution in [0.4, 0.5) is 0 Å². The first-order valence-corrected chi connectivity index (χ1v) is 13.0. The molecule has 0 spiro atoms. The van der Waals surface area contributed by atoms with Gasteiger partial charge >= 0.3 is 5.97 Å². The molecule has 11 heteroatoms. The lowest BCUT2D eigenvalue weighted by molar-refractivity contribution is -0.140. The number of aromatic nitrogens is 7. The molecular formula is C28H22ClN7O3. The summed E-state index contributed by atoms with van der Waals surface area (Å²) in [6.07, 6.45) is 6.06. The SMILES string of the molecule is O=C(O)C1(c2ccc(-c3cnc([C@@H]4CCc5cc(-c6cc(Cl)ccc6-n6cnnn6)cc(=O)n54)[nH]3)cc2)CC1. The molecule has 10 nitrogen and oxygen atoms in total. The molecule has 194 valence electrons. The Hall–Kier alpha value is -4.57. The third-order valence-corrected chi connectivity index (χ3v) is 8.05. The molecule has 0 bridgehead atoms. The van der Waals surface area contributed by atoms with Crippen molar-refractivity contribution < 1.29 is 9.90 Å². The van der Waals surface area contributed by atoms with Gasteiger partial charge in [-0.1, -0.05) is 35.9 Å². The van der Waals surface area contributed by atoms with E-state index in [4.69, 9.17) is 11.6 Å². The van der Waals surface area contributed by atoms with Crippen molar-refractivity contribution in [2.75, 3.05) is 0 Å². The molecule has 0 amide bonds. The van der Waals surface area contributed by atoms with Crippen molar-refractivity contribution in [3.63, 3.8) is 0 Å². The molecule has 3 aromatic heterocycles. The number of aliphatic carboxylic acids is 1. The third-order valence-electron chi connectivity index (χ3n) is 7.82. The number of aromatic amines is 1. The van der Waals surface area contributed by atoms with Crippen molar-refractivity contribution in [2.45, 2.75) is 37.1 Å². The van der Waals surface area contributed by atoms with Crippen molar-refractivity contribution in [3.8, 4) is 28.1 Å². The van der Waals surface area contributed by atoms with Crippen LogP contribution in [0.5, 0.6) is 0 Å². The van der Waals surface area contributed by atoms with Crippen LogP contribution in [0, 0.1) is 0 Å². The van der Waals surface area contributed by atoms with Gasteiger partial charge in [0.05, 0.1) is 29.0 Å². The molecular weight excluding hydrogens is 518 g/mol. The summed E-state index contributed by atoms with van der Waals surface area (Å²) in [4.78, 5) is 33.1. The highest BCUT2D eigenvalue weighted by Crippen LogP contribution is 2.48. The number of tetrazole rings is 1. The largest absolute Gasteiger partial charge is 0.481 e. The Morgan fingerprint density at radius 3 is 2.62 bits per heavy atom. The summed E-state index contributed by atoms with van der Waals surface area (Å²) in [7, 11) is 0. The lowest BCUT2D eigenvalue weighted by Gasteiger charge is -2.15. The first-order valence-electron chi connectivity index (χ1n) is 12.6. The number of fused-ring (bicyclic) bond motifs is 1. The molecule has 39 heavy (non-hydrogen) atoms. The zero-order valence-corrected chi connectivity index (χ0v) is 21.3. The lowest BCUT2D eigenvalue weighted by atomic mass is 9.95. The Morgan fingerprint density at radius 2 is 1.90 bits per heavy atom. The average Bonchev–Trinajstić information content (AvgIpc) is 3.30. The van der Waals surface area contributed by atoms with Crippen LogP contribution >= 0.6 is 11.6 Å². The highest BCUT2D eigenvalue weighted by atomic mass is 35.5. The minimum Gasteiger partial charge on any atom is -0.481 e. The molecule has 7 rings (SSSR count). The standard InChI is InChI=1S/C28H22ClN7O3/c29-19-5-7-23(35-15-31-33-34-35)21(13-19)17-11-20-6-8-24(36(20)25(37)12-17)26-30-14-22(32-26)16-1-3-18(4-2-16)28(9-10-28)27(38)39/h1-5,7,11-15,24H,6,8-10H2,(H,30,32)(H,38,39)/t24-/m0/s1. The second-order valence-corrected chi connectivity index (χ2v) is 10.5. The van der Waals surface area contributed by atoms with E-state index in [1.54, 1.807) is 27.6 Å². The molecule has 5 aromatic rings. The van der Waals surface area contributed by atoms with Crippen molar-refractivity contribution in [2.24, 2.45) is 0 Å².